The number of amides is 2. The molecule has 0 aliphatic carbocycles. The highest BCUT2D eigenvalue weighted by atomic mass is 16.5. The third-order valence-corrected chi connectivity index (χ3v) is 5.30. The van der Waals surface area contributed by atoms with Crippen molar-refractivity contribution in [3.05, 3.63) is 48.5 Å². The molecule has 2 amide bonds. The summed E-state index contributed by atoms with van der Waals surface area (Å²) in [5.41, 5.74) is 2.11. The lowest BCUT2D eigenvalue weighted by molar-refractivity contribution is -0.129. The maximum atomic E-state index is 12.7. The Morgan fingerprint density at radius 1 is 1.19 bits per heavy atom. The summed E-state index contributed by atoms with van der Waals surface area (Å²) < 4.78 is 10.6. The lowest BCUT2D eigenvalue weighted by atomic mass is 10.1. The van der Waals surface area contributed by atoms with Gasteiger partial charge in [-0.2, -0.15) is 4.98 Å². The van der Waals surface area contributed by atoms with E-state index in [4.69, 9.17) is 9.26 Å². The number of nitrogens with zero attached hydrogens (tertiary/aromatic N) is 3. The van der Waals surface area contributed by atoms with Gasteiger partial charge in [0.15, 0.2) is 0 Å². The number of nitrogens with one attached hydrogen (secondary N) is 1. The Morgan fingerprint density at radius 2 is 1.97 bits per heavy atom. The van der Waals surface area contributed by atoms with Gasteiger partial charge in [0.2, 0.25) is 17.6 Å². The summed E-state index contributed by atoms with van der Waals surface area (Å²) in [4.78, 5) is 31.0. The first-order valence-electron chi connectivity index (χ1n) is 10.1. The van der Waals surface area contributed by atoms with Crippen LogP contribution in [0.2, 0.25) is 0 Å². The average Bonchev–Trinajstić information content (AvgIpc) is 3.41. The highest BCUT2D eigenvalue weighted by Crippen LogP contribution is 2.27. The Kier molecular flexibility index (Phi) is 5.70. The third-order valence-electron chi connectivity index (χ3n) is 5.30. The van der Waals surface area contributed by atoms with Gasteiger partial charge in [-0.1, -0.05) is 11.2 Å². The molecule has 160 valence electrons. The minimum Gasteiger partial charge on any atom is -0.497 e. The van der Waals surface area contributed by atoms with Gasteiger partial charge < -0.3 is 19.5 Å². The zero-order chi connectivity index (χ0) is 22.0. The number of rotatable bonds is 6. The van der Waals surface area contributed by atoms with E-state index in [1.54, 1.807) is 24.1 Å². The van der Waals surface area contributed by atoms with Crippen LogP contribution in [0.25, 0.3) is 22.8 Å². The average molecular weight is 420 g/mol. The van der Waals surface area contributed by atoms with Crippen molar-refractivity contribution in [1.29, 1.82) is 0 Å². The van der Waals surface area contributed by atoms with Gasteiger partial charge in [-0.05, 0) is 56.3 Å². The van der Waals surface area contributed by atoms with Crippen LogP contribution in [0.3, 0.4) is 0 Å². The van der Waals surface area contributed by atoms with E-state index in [0.29, 0.717) is 29.5 Å². The van der Waals surface area contributed by atoms with Crippen LogP contribution < -0.4 is 10.1 Å². The zero-order valence-corrected chi connectivity index (χ0v) is 17.7. The molecule has 1 atom stereocenters. The number of hydrogen-bond donors (Lipinski definition) is 1. The molecule has 1 N–H and O–H groups in total. The van der Waals surface area contributed by atoms with Crippen molar-refractivity contribution in [2.24, 2.45) is 5.92 Å². The number of benzene rings is 2. The number of carbonyl (C=O) groups excluding carboxylic acids is 2. The van der Waals surface area contributed by atoms with Crippen LogP contribution in [0.1, 0.15) is 20.3 Å². The summed E-state index contributed by atoms with van der Waals surface area (Å²) >= 11 is 0. The second-order valence-electron chi connectivity index (χ2n) is 7.76. The fourth-order valence-corrected chi connectivity index (χ4v) is 3.58. The molecular formula is C23H24N4O4. The molecule has 0 spiro atoms. The molecular weight excluding hydrogens is 396 g/mol. The lowest BCUT2D eigenvalue weighted by Gasteiger charge is -2.20. The van der Waals surface area contributed by atoms with Crippen molar-refractivity contribution in [3.63, 3.8) is 0 Å². The number of methoxy groups -OCH3 is 1. The third kappa shape index (κ3) is 4.42. The number of hydrogen-bond acceptors (Lipinski definition) is 6. The van der Waals surface area contributed by atoms with Gasteiger partial charge in [-0.15, -0.1) is 0 Å². The summed E-state index contributed by atoms with van der Waals surface area (Å²) in [6, 6.07) is 14.7. The van der Waals surface area contributed by atoms with Gasteiger partial charge in [0.05, 0.1) is 13.0 Å². The molecule has 1 aliphatic rings. The summed E-state index contributed by atoms with van der Waals surface area (Å²) in [6.07, 6.45) is 0.235. The van der Waals surface area contributed by atoms with E-state index in [-0.39, 0.29) is 30.2 Å². The molecule has 0 unspecified atom stereocenters. The maximum Gasteiger partial charge on any atom is 0.258 e. The molecule has 31 heavy (non-hydrogen) atoms. The van der Waals surface area contributed by atoms with Crippen molar-refractivity contribution < 1.29 is 18.8 Å². The lowest BCUT2D eigenvalue weighted by Crippen LogP contribution is -2.33. The maximum absolute atomic E-state index is 12.7. The van der Waals surface area contributed by atoms with Crippen LogP contribution in [-0.4, -0.2) is 46.6 Å². The molecule has 1 fully saturated rings. The van der Waals surface area contributed by atoms with Crippen molar-refractivity contribution >= 4 is 17.5 Å². The van der Waals surface area contributed by atoms with Crippen LogP contribution in [0.15, 0.2) is 53.1 Å². The molecule has 2 heterocycles. The Hall–Kier alpha value is -3.68. The summed E-state index contributed by atoms with van der Waals surface area (Å²) in [6.45, 7) is 4.34. The molecule has 1 aliphatic heterocycles. The van der Waals surface area contributed by atoms with Crippen molar-refractivity contribution in [2.45, 2.75) is 26.3 Å². The van der Waals surface area contributed by atoms with Crippen LogP contribution in [-0.2, 0) is 9.59 Å². The Bertz CT molecular complexity index is 1090. The molecule has 0 saturated carbocycles. The normalized spacial score (nSPS) is 16.1. The van der Waals surface area contributed by atoms with Crippen LogP contribution in [0, 0.1) is 5.92 Å². The number of ether oxygens (including phenoxy) is 1. The molecule has 0 bridgehead atoms. The van der Waals surface area contributed by atoms with E-state index in [1.165, 1.54) is 0 Å². The van der Waals surface area contributed by atoms with Crippen LogP contribution in [0.4, 0.5) is 5.69 Å². The highest BCUT2D eigenvalue weighted by Gasteiger charge is 2.35. The molecule has 1 aromatic heterocycles. The van der Waals surface area contributed by atoms with E-state index in [9.17, 15) is 9.59 Å². The second-order valence-corrected chi connectivity index (χ2v) is 7.76. The molecule has 1 saturated heterocycles. The van der Waals surface area contributed by atoms with E-state index in [2.05, 4.69) is 15.5 Å². The highest BCUT2D eigenvalue weighted by molar-refractivity contribution is 5.97. The largest absolute Gasteiger partial charge is 0.497 e. The van der Waals surface area contributed by atoms with E-state index >= 15 is 0 Å². The Morgan fingerprint density at radius 3 is 2.65 bits per heavy atom. The van der Waals surface area contributed by atoms with E-state index in [0.717, 1.165) is 11.3 Å². The van der Waals surface area contributed by atoms with Gasteiger partial charge >= 0.3 is 0 Å². The first kappa shape index (κ1) is 20.6. The molecule has 2 aromatic carbocycles. The van der Waals surface area contributed by atoms with Gasteiger partial charge in [0.1, 0.15) is 5.75 Å². The number of aromatic nitrogens is 2. The fourth-order valence-electron chi connectivity index (χ4n) is 3.58. The van der Waals surface area contributed by atoms with Gasteiger partial charge in [0, 0.05) is 35.8 Å². The zero-order valence-electron chi connectivity index (χ0n) is 17.7. The minimum absolute atomic E-state index is 0.0146. The number of anilines is 1. The van der Waals surface area contributed by atoms with Gasteiger partial charge in [-0.25, -0.2) is 0 Å². The Labute approximate surface area is 180 Å². The first-order chi connectivity index (χ1) is 14.9. The van der Waals surface area contributed by atoms with E-state index in [1.807, 2.05) is 50.2 Å². The molecule has 4 rings (SSSR count). The van der Waals surface area contributed by atoms with Gasteiger partial charge in [-0.3, -0.25) is 9.59 Å². The predicted molar refractivity (Wildman–Crippen MR) is 115 cm³/mol. The minimum atomic E-state index is -0.358. The van der Waals surface area contributed by atoms with E-state index < -0.39 is 0 Å². The van der Waals surface area contributed by atoms with Crippen molar-refractivity contribution in [1.82, 2.24) is 15.0 Å². The van der Waals surface area contributed by atoms with Crippen LogP contribution >= 0.6 is 0 Å². The van der Waals surface area contributed by atoms with Gasteiger partial charge in [0.25, 0.3) is 5.89 Å². The SMILES string of the molecule is COc1ccc(-c2noc(-c3cccc(NC(=O)[C@@H]4CC(=O)N(C(C)C)C4)c3)n2)cc1. The first-order valence-corrected chi connectivity index (χ1v) is 10.1. The molecule has 0 radical (unpaired) electrons. The quantitative estimate of drug-likeness (QED) is 0.654. The summed E-state index contributed by atoms with van der Waals surface area (Å²) in [7, 11) is 1.61. The Balaban J connectivity index is 1.47. The monoisotopic (exact) mass is 420 g/mol. The topological polar surface area (TPSA) is 97.6 Å². The number of carbonyl (C=O) groups is 2. The molecule has 3 aromatic rings. The molecule has 8 heteroatoms. The summed E-state index contributed by atoms with van der Waals surface area (Å²) in [5, 5.41) is 6.95. The van der Waals surface area contributed by atoms with Crippen LogP contribution in [0.5, 0.6) is 5.75 Å². The van der Waals surface area contributed by atoms with Crippen molar-refractivity contribution in [2.75, 3.05) is 19.0 Å². The second kappa shape index (κ2) is 8.59. The fraction of sp³-hybridized carbons (Fsp3) is 0.304. The number of likely N-dealkylation sites (tertiary alicyclic amines) is 1. The smallest absolute Gasteiger partial charge is 0.258 e. The van der Waals surface area contributed by atoms with Crippen molar-refractivity contribution in [3.8, 4) is 28.6 Å². The predicted octanol–water partition coefficient (Wildman–Crippen LogP) is 3.61. The molecule has 8 nitrogen and oxygen atoms in total. The summed E-state index contributed by atoms with van der Waals surface area (Å²) in [5.74, 6) is 1.05. The standard InChI is InChI=1S/C23H24N4O4/c1-14(2)27-13-17(12-20(27)28)22(29)24-18-6-4-5-16(11-18)23-25-21(26-31-23)15-7-9-19(30-3)10-8-15/h4-11,14,17H,12-13H2,1-3H3,(H,24,29)/t17-/m1/s1.